The lowest BCUT2D eigenvalue weighted by atomic mass is 10.5. The molecule has 1 rings (SSSR count). The highest BCUT2D eigenvalue weighted by Gasteiger charge is 2.11. The summed E-state index contributed by atoms with van der Waals surface area (Å²) in [5.74, 6) is 0.507. The number of rotatable bonds is 2. The summed E-state index contributed by atoms with van der Waals surface area (Å²) >= 11 is 3.10. The van der Waals surface area contributed by atoms with E-state index in [1.807, 2.05) is 0 Å². The Morgan fingerprint density at radius 3 is 2.46 bits per heavy atom. The summed E-state index contributed by atoms with van der Waals surface area (Å²) < 4.78 is 27.4. The first kappa shape index (κ1) is 10.5. The zero-order valence-electron chi connectivity index (χ0n) is 7.11. The molecule has 0 aliphatic rings. The maximum atomic E-state index is 11.1. The highest BCUT2D eigenvalue weighted by molar-refractivity contribution is 9.10. The lowest BCUT2D eigenvalue weighted by molar-refractivity contribution is 0.408. The SMILES string of the molecule is COc1ccc(S(C)(=O)=O)nc1Br. The van der Waals surface area contributed by atoms with E-state index in [2.05, 4.69) is 20.9 Å². The van der Waals surface area contributed by atoms with Crippen LogP contribution in [0.15, 0.2) is 21.8 Å². The molecule has 0 aromatic carbocycles. The molecule has 0 radical (unpaired) electrons. The minimum Gasteiger partial charge on any atom is -0.494 e. The van der Waals surface area contributed by atoms with Gasteiger partial charge in [0.15, 0.2) is 20.6 Å². The lowest BCUT2D eigenvalue weighted by Gasteiger charge is -2.03. The predicted molar refractivity (Wildman–Crippen MR) is 51.6 cm³/mol. The third kappa shape index (κ3) is 2.41. The van der Waals surface area contributed by atoms with Crippen molar-refractivity contribution in [3.05, 3.63) is 16.7 Å². The van der Waals surface area contributed by atoms with Gasteiger partial charge in [-0.2, -0.15) is 0 Å². The van der Waals surface area contributed by atoms with Gasteiger partial charge in [0, 0.05) is 6.26 Å². The number of methoxy groups -OCH3 is 1. The third-order valence-electron chi connectivity index (χ3n) is 1.39. The first-order valence-corrected chi connectivity index (χ1v) is 6.04. The molecule has 0 atom stereocenters. The Balaban J connectivity index is 3.26. The zero-order chi connectivity index (χ0) is 10.1. The molecule has 6 heteroatoms. The average Bonchev–Trinajstić information content (AvgIpc) is 2.02. The number of ether oxygens (including phenoxy) is 1. The molecule has 4 nitrogen and oxygen atoms in total. The van der Waals surface area contributed by atoms with E-state index < -0.39 is 9.84 Å². The van der Waals surface area contributed by atoms with Crippen molar-refractivity contribution in [1.29, 1.82) is 0 Å². The van der Waals surface area contributed by atoms with Crippen LogP contribution in [0.25, 0.3) is 0 Å². The average molecular weight is 266 g/mol. The zero-order valence-corrected chi connectivity index (χ0v) is 9.52. The molecule has 0 aliphatic heterocycles. The van der Waals surface area contributed by atoms with Gasteiger partial charge in [-0.05, 0) is 28.1 Å². The number of sulfone groups is 1. The third-order valence-corrected chi connectivity index (χ3v) is 2.94. The van der Waals surface area contributed by atoms with Crippen LogP contribution in [0.1, 0.15) is 0 Å². The maximum absolute atomic E-state index is 11.1. The van der Waals surface area contributed by atoms with Crippen molar-refractivity contribution in [2.24, 2.45) is 0 Å². The molecule has 72 valence electrons. The molecule has 0 fully saturated rings. The van der Waals surface area contributed by atoms with Crippen molar-refractivity contribution in [1.82, 2.24) is 4.98 Å². The first-order chi connectivity index (χ1) is 5.95. The standard InChI is InChI=1S/C7H8BrNO3S/c1-12-5-3-4-6(9-7(5)8)13(2,10)11/h3-4H,1-2H3. The van der Waals surface area contributed by atoms with E-state index in [1.165, 1.54) is 13.2 Å². The topological polar surface area (TPSA) is 56.3 Å². The number of hydrogen-bond donors (Lipinski definition) is 0. The molecular weight excluding hydrogens is 258 g/mol. The van der Waals surface area contributed by atoms with E-state index in [4.69, 9.17) is 4.74 Å². The van der Waals surface area contributed by atoms with Gasteiger partial charge in [-0.15, -0.1) is 0 Å². The molecule has 0 aliphatic carbocycles. The Kier molecular flexibility index (Phi) is 2.92. The van der Waals surface area contributed by atoms with Crippen LogP contribution in [0.2, 0.25) is 0 Å². The van der Waals surface area contributed by atoms with Crippen LogP contribution in [0.3, 0.4) is 0 Å². The Hall–Kier alpha value is -0.620. The lowest BCUT2D eigenvalue weighted by Crippen LogP contribution is -2.01. The fourth-order valence-electron chi connectivity index (χ4n) is 0.764. The van der Waals surface area contributed by atoms with Crippen LogP contribution in [-0.2, 0) is 9.84 Å². The van der Waals surface area contributed by atoms with E-state index in [0.717, 1.165) is 6.26 Å². The molecule has 0 N–H and O–H groups in total. The normalized spacial score (nSPS) is 11.3. The fourth-order valence-corrected chi connectivity index (χ4v) is 1.94. The number of pyridine rings is 1. The van der Waals surface area contributed by atoms with Crippen LogP contribution in [0, 0.1) is 0 Å². The second-order valence-electron chi connectivity index (χ2n) is 2.41. The predicted octanol–water partition coefficient (Wildman–Crippen LogP) is 1.26. The Bertz CT molecular complexity index is 416. The molecule has 13 heavy (non-hydrogen) atoms. The maximum Gasteiger partial charge on any atom is 0.192 e. The van der Waals surface area contributed by atoms with Crippen molar-refractivity contribution in [3.8, 4) is 5.75 Å². The quantitative estimate of drug-likeness (QED) is 0.756. The van der Waals surface area contributed by atoms with Crippen LogP contribution < -0.4 is 4.74 Å². The molecular formula is C7H8BrNO3S. The fraction of sp³-hybridized carbons (Fsp3) is 0.286. The van der Waals surface area contributed by atoms with Gasteiger partial charge in [0.25, 0.3) is 0 Å². The minimum absolute atomic E-state index is 0.0279. The molecule has 0 unspecified atom stereocenters. The number of aromatic nitrogens is 1. The van der Waals surface area contributed by atoms with Crippen molar-refractivity contribution >= 4 is 25.8 Å². The van der Waals surface area contributed by atoms with E-state index in [0.29, 0.717) is 10.4 Å². The van der Waals surface area contributed by atoms with Crippen LogP contribution in [0.4, 0.5) is 0 Å². The summed E-state index contributed by atoms with van der Waals surface area (Å²) in [5.41, 5.74) is 0. The summed E-state index contributed by atoms with van der Waals surface area (Å²) in [6.45, 7) is 0. The Labute approximate surface area is 85.0 Å². The number of hydrogen-bond acceptors (Lipinski definition) is 4. The molecule has 0 saturated heterocycles. The first-order valence-electron chi connectivity index (χ1n) is 3.35. The highest BCUT2D eigenvalue weighted by Crippen LogP contribution is 2.23. The van der Waals surface area contributed by atoms with Gasteiger partial charge in [0.1, 0.15) is 4.60 Å². The van der Waals surface area contributed by atoms with E-state index in [1.54, 1.807) is 6.07 Å². The van der Waals surface area contributed by atoms with Crippen molar-refractivity contribution < 1.29 is 13.2 Å². The van der Waals surface area contributed by atoms with E-state index in [-0.39, 0.29) is 5.03 Å². The summed E-state index contributed by atoms with van der Waals surface area (Å²) in [6.07, 6.45) is 1.11. The Morgan fingerprint density at radius 2 is 2.08 bits per heavy atom. The highest BCUT2D eigenvalue weighted by atomic mass is 79.9. The number of halogens is 1. The van der Waals surface area contributed by atoms with Crippen LogP contribution in [0.5, 0.6) is 5.75 Å². The van der Waals surface area contributed by atoms with Crippen molar-refractivity contribution in [3.63, 3.8) is 0 Å². The van der Waals surface area contributed by atoms with Gasteiger partial charge >= 0.3 is 0 Å². The van der Waals surface area contributed by atoms with Crippen LogP contribution >= 0.6 is 15.9 Å². The summed E-state index contributed by atoms with van der Waals surface area (Å²) in [4.78, 5) is 3.82. The van der Waals surface area contributed by atoms with Crippen molar-refractivity contribution in [2.45, 2.75) is 5.03 Å². The molecule has 1 aromatic heterocycles. The summed E-state index contributed by atoms with van der Waals surface area (Å²) in [7, 11) is -1.76. The molecule has 0 spiro atoms. The van der Waals surface area contributed by atoms with Gasteiger partial charge in [0.05, 0.1) is 7.11 Å². The largest absolute Gasteiger partial charge is 0.494 e. The van der Waals surface area contributed by atoms with Gasteiger partial charge < -0.3 is 4.74 Å². The summed E-state index contributed by atoms with van der Waals surface area (Å²) in [5, 5.41) is 0.0279. The molecule has 1 aromatic rings. The smallest absolute Gasteiger partial charge is 0.192 e. The van der Waals surface area contributed by atoms with Gasteiger partial charge in [-0.3, -0.25) is 0 Å². The van der Waals surface area contributed by atoms with E-state index >= 15 is 0 Å². The van der Waals surface area contributed by atoms with Gasteiger partial charge in [-0.1, -0.05) is 0 Å². The van der Waals surface area contributed by atoms with Gasteiger partial charge in [0.2, 0.25) is 0 Å². The monoisotopic (exact) mass is 265 g/mol. The molecule has 1 heterocycles. The molecule has 0 bridgehead atoms. The second-order valence-corrected chi connectivity index (χ2v) is 5.13. The number of nitrogens with zero attached hydrogens (tertiary/aromatic N) is 1. The summed E-state index contributed by atoms with van der Waals surface area (Å²) in [6, 6.07) is 2.95. The van der Waals surface area contributed by atoms with E-state index in [9.17, 15) is 8.42 Å². The Morgan fingerprint density at radius 1 is 1.46 bits per heavy atom. The second kappa shape index (κ2) is 3.63. The molecule has 0 saturated carbocycles. The van der Waals surface area contributed by atoms with Crippen LogP contribution in [-0.4, -0.2) is 26.8 Å². The van der Waals surface area contributed by atoms with Crippen molar-refractivity contribution in [2.75, 3.05) is 13.4 Å². The minimum atomic E-state index is -3.25. The van der Waals surface area contributed by atoms with Gasteiger partial charge in [-0.25, -0.2) is 13.4 Å². The molecule has 0 amide bonds.